The van der Waals surface area contributed by atoms with E-state index < -0.39 is 17.9 Å². The Morgan fingerprint density at radius 1 is 1.29 bits per heavy atom. The van der Waals surface area contributed by atoms with Crippen LogP contribution < -0.4 is 0 Å². The molecule has 1 aliphatic carbocycles. The number of imidazole rings is 1. The second-order valence-corrected chi connectivity index (χ2v) is 6.05. The molecule has 1 aromatic heterocycles. The first-order valence-electron chi connectivity index (χ1n) is 7.24. The SMILES string of the molecule is O[C@@H]1CCC(F)(F)C[C@@H]1[C@@H]1c2ccccc2-c2cncn21. The highest BCUT2D eigenvalue weighted by Crippen LogP contribution is 2.49. The van der Waals surface area contributed by atoms with Gasteiger partial charge in [0, 0.05) is 24.3 Å². The molecule has 0 amide bonds. The lowest BCUT2D eigenvalue weighted by Crippen LogP contribution is -2.40. The second-order valence-electron chi connectivity index (χ2n) is 6.05. The van der Waals surface area contributed by atoms with Crippen molar-refractivity contribution < 1.29 is 13.9 Å². The summed E-state index contributed by atoms with van der Waals surface area (Å²) in [6.07, 6.45) is 2.39. The van der Waals surface area contributed by atoms with Crippen LogP contribution in [0.3, 0.4) is 0 Å². The molecule has 1 fully saturated rings. The van der Waals surface area contributed by atoms with E-state index in [0.717, 1.165) is 16.8 Å². The molecule has 1 aromatic carbocycles. The Balaban J connectivity index is 1.82. The van der Waals surface area contributed by atoms with Crippen LogP contribution in [0.2, 0.25) is 0 Å². The van der Waals surface area contributed by atoms with E-state index in [4.69, 9.17) is 0 Å². The molecule has 3 atom stereocenters. The third kappa shape index (κ3) is 1.91. The van der Waals surface area contributed by atoms with Crippen molar-refractivity contribution in [2.75, 3.05) is 0 Å². The standard InChI is InChI=1S/C16H16F2N2O/c17-16(18)6-5-14(21)12(7-16)15-11-4-2-1-3-10(11)13-8-19-9-20(13)15/h1-4,8-9,12,14-15,21H,5-7H2/t12-,14+,15-/m0/s1. The molecule has 0 saturated heterocycles. The number of halogens is 2. The first-order valence-corrected chi connectivity index (χ1v) is 7.24. The number of aromatic nitrogens is 2. The summed E-state index contributed by atoms with van der Waals surface area (Å²) in [6.45, 7) is 0. The highest BCUT2D eigenvalue weighted by atomic mass is 19.3. The Morgan fingerprint density at radius 2 is 2.10 bits per heavy atom. The van der Waals surface area contributed by atoms with Crippen molar-refractivity contribution in [1.29, 1.82) is 0 Å². The maximum absolute atomic E-state index is 13.8. The van der Waals surface area contributed by atoms with E-state index in [2.05, 4.69) is 4.98 Å². The summed E-state index contributed by atoms with van der Waals surface area (Å²) in [4.78, 5) is 4.14. The molecule has 21 heavy (non-hydrogen) atoms. The van der Waals surface area contributed by atoms with Gasteiger partial charge < -0.3 is 9.67 Å². The molecule has 110 valence electrons. The number of aliphatic hydroxyl groups excluding tert-OH is 1. The first-order chi connectivity index (χ1) is 10.1. The Bertz CT molecular complexity index is 682. The molecular weight excluding hydrogens is 274 g/mol. The van der Waals surface area contributed by atoms with E-state index in [1.54, 1.807) is 12.5 Å². The Morgan fingerprint density at radius 3 is 2.95 bits per heavy atom. The summed E-state index contributed by atoms with van der Waals surface area (Å²) < 4.78 is 29.6. The van der Waals surface area contributed by atoms with Gasteiger partial charge in [-0.15, -0.1) is 0 Å². The molecular formula is C16H16F2N2O. The van der Waals surface area contributed by atoms with E-state index in [9.17, 15) is 13.9 Å². The minimum Gasteiger partial charge on any atom is -0.393 e. The molecule has 1 N–H and O–H groups in total. The zero-order valence-corrected chi connectivity index (χ0v) is 11.4. The molecule has 2 aliphatic rings. The van der Waals surface area contributed by atoms with E-state index in [1.807, 2.05) is 28.8 Å². The number of aliphatic hydroxyl groups is 1. The van der Waals surface area contributed by atoms with Crippen LogP contribution in [0.25, 0.3) is 11.3 Å². The fourth-order valence-corrected chi connectivity index (χ4v) is 3.79. The van der Waals surface area contributed by atoms with Crippen molar-refractivity contribution in [3.05, 3.63) is 42.4 Å². The number of alkyl halides is 2. The molecule has 1 aliphatic heterocycles. The molecule has 4 rings (SSSR count). The predicted octanol–water partition coefficient (Wildman–Crippen LogP) is 3.25. The summed E-state index contributed by atoms with van der Waals surface area (Å²) in [6, 6.07) is 7.55. The van der Waals surface area contributed by atoms with Crippen molar-refractivity contribution in [3.63, 3.8) is 0 Å². The predicted molar refractivity (Wildman–Crippen MR) is 74.1 cm³/mol. The van der Waals surface area contributed by atoms with Gasteiger partial charge in [-0.2, -0.15) is 0 Å². The van der Waals surface area contributed by atoms with Crippen molar-refractivity contribution >= 4 is 0 Å². The topological polar surface area (TPSA) is 38.1 Å². The molecule has 3 nitrogen and oxygen atoms in total. The van der Waals surface area contributed by atoms with E-state index in [-0.39, 0.29) is 25.3 Å². The zero-order chi connectivity index (χ0) is 14.6. The maximum atomic E-state index is 13.8. The molecule has 0 radical (unpaired) electrons. The molecule has 1 saturated carbocycles. The highest BCUT2D eigenvalue weighted by Gasteiger charge is 2.47. The van der Waals surface area contributed by atoms with Gasteiger partial charge in [0.1, 0.15) is 0 Å². The lowest BCUT2D eigenvalue weighted by Gasteiger charge is -2.37. The molecule has 2 heterocycles. The maximum Gasteiger partial charge on any atom is 0.248 e. The van der Waals surface area contributed by atoms with Gasteiger partial charge in [-0.3, -0.25) is 0 Å². The number of hydrogen-bond acceptors (Lipinski definition) is 2. The fraction of sp³-hybridized carbons (Fsp3) is 0.438. The molecule has 0 spiro atoms. The lowest BCUT2D eigenvalue weighted by molar-refractivity contribution is -0.0990. The molecule has 2 aromatic rings. The summed E-state index contributed by atoms with van der Waals surface area (Å²) in [5.41, 5.74) is 2.98. The minimum absolute atomic E-state index is 0.153. The van der Waals surface area contributed by atoms with Crippen LogP contribution >= 0.6 is 0 Å². The number of benzene rings is 1. The van der Waals surface area contributed by atoms with Crippen LogP contribution in [-0.2, 0) is 0 Å². The third-order valence-electron chi connectivity index (χ3n) is 4.76. The zero-order valence-electron chi connectivity index (χ0n) is 11.4. The van der Waals surface area contributed by atoms with Crippen LogP contribution in [0.1, 0.15) is 30.9 Å². The second kappa shape index (κ2) is 4.37. The average Bonchev–Trinajstić information content (AvgIpc) is 3.02. The van der Waals surface area contributed by atoms with Gasteiger partial charge >= 0.3 is 0 Å². The Labute approximate surface area is 121 Å². The van der Waals surface area contributed by atoms with Crippen LogP contribution in [0.5, 0.6) is 0 Å². The smallest absolute Gasteiger partial charge is 0.248 e. The van der Waals surface area contributed by atoms with Crippen molar-refractivity contribution in [2.45, 2.75) is 37.3 Å². The molecule has 5 heteroatoms. The Kier molecular flexibility index (Phi) is 2.70. The van der Waals surface area contributed by atoms with Gasteiger partial charge in [0.05, 0.1) is 30.4 Å². The van der Waals surface area contributed by atoms with Gasteiger partial charge in [-0.05, 0) is 12.0 Å². The van der Waals surface area contributed by atoms with Crippen LogP contribution in [-0.4, -0.2) is 26.7 Å². The van der Waals surface area contributed by atoms with Gasteiger partial charge in [-0.25, -0.2) is 13.8 Å². The third-order valence-corrected chi connectivity index (χ3v) is 4.76. The number of nitrogens with zero attached hydrogens (tertiary/aromatic N) is 2. The van der Waals surface area contributed by atoms with Gasteiger partial charge in [0.25, 0.3) is 0 Å². The summed E-state index contributed by atoms with van der Waals surface area (Å²) in [5, 5.41) is 10.3. The summed E-state index contributed by atoms with van der Waals surface area (Å²) >= 11 is 0. The lowest BCUT2D eigenvalue weighted by atomic mass is 9.77. The fourth-order valence-electron chi connectivity index (χ4n) is 3.79. The normalized spacial score (nSPS) is 30.0. The van der Waals surface area contributed by atoms with Gasteiger partial charge in [-0.1, -0.05) is 24.3 Å². The van der Waals surface area contributed by atoms with Crippen LogP contribution in [0.15, 0.2) is 36.8 Å². The Hall–Kier alpha value is -1.75. The average molecular weight is 290 g/mol. The van der Waals surface area contributed by atoms with Crippen LogP contribution in [0, 0.1) is 5.92 Å². The largest absolute Gasteiger partial charge is 0.393 e. The minimum atomic E-state index is -2.69. The first kappa shape index (κ1) is 13.0. The van der Waals surface area contributed by atoms with Crippen molar-refractivity contribution in [3.8, 4) is 11.3 Å². The molecule has 0 unspecified atom stereocenters. The molecule has 0 bridgehead atoms. The number of rotatable bonds is 1. The van der Waals surface area contributed by atoms with Crippen LogP contribution in [0.4, 0.5) is 8.78 Å². The number of hydrogen-bond donors (Lipinski definition) is 1. The summed E-state index contributed by atoms with van der Waals surface area (Å²) in [5.74, 6) is -3.17. The van der Waals surface area contributed by atoms with E-state index in [0.29, 0.717) is 0 Å². The van der Waals surface area contributed by atoms with Crippen molar-refractivity contribution in [1.82, 2.24) is 9.55 Å². The van der Waals surface area contributed by atoms with E-state index >= 15 is 0 Å². The number of fused-ring (bicyclic) bond motifs is 3. The quantitative estimate of drug-likeness (QED) is 0.875. The van der Waals surface area contributed by atoms with Gasteiger partial charge in [0.2, 0.25) is 5.92 Å². The van der Waals surface area contributed by atoms with Gasteiger partial charge in [0.15, 0.2) is 0 Å². The monoisotopic (exact) mass is 290 g/mol. The summed E-state index contributed by atoms with van der Waals surface area (Å²) in [7, 11) is 0. The van der Waals surface area contributed by atoms with E-state index in [1.165, 1.54) is 0 Å². The van der Waals surface area contributed by atoms with Crippen molar-refractivity contribution in [2.24, 2.45) is 5.92 Å². The highest BCUT2D eigenvalue weighted by molar-refractivity contribution is 5.69.